The molecule has 5 nitrogen and oxygen atoms in total. The summed E-state index contributed by atoms with van der Waals surface area (Å²) < 4.78 is 8.92. The van der Waals surface area contributed by atoms with Crippen molar-refractivity contribution in [2.75, 3.05) is 27.3 Å². The van der Waals surface area contributed by atoms with Gasteiger partial charge in [-0.2, -0.15) is 0 Å². The van der Waals surface area contributed by atoms with Crippen LogP contribution in [0.15, 0.2) is 0 Å². The quantitative estimate of drug-likeness (QED) is 0.609. The molecule has 13 heavy (non-hydrogen) atoms. The minimum Gasteiger partial charge on any atom is -0.468 e. The summed E-state index contributed by atoms with van der Waals surface area (Å²) in [5, 5.41) is 0. The SMILES string of the molecule is CCCN(CC(=O)OC)C(=O)OC. The van der Waals surface area contributed by atoms with E-state index in [-0.39, 0.29) is 6.54 Å². The van der Waals surface area contributed by atoms with Crippen LogP contribution in [0.25, 0.3) is 0 Å². The number of rotatable bonds is 4. The topological polar surface area (TPSA) is 55.8 Å². The van der Waals surface area contributed by atoms with Crippen LogP contribution in [0.4, 0.5) is 4.79 Å². The van der Waals surface area contributed by atoms with E-state index in [2.05, 4.69) is 9.47 Å². The van der Waals surface area contributed by atoms with Gasteiger partial charge in [0.25, 0.3) is 0 Å². The largest absolute Gasteiger partial charge is 0.468 e. The van der Waals surface area contributed by atoms with Crippen LogP contribution < -0.4 is 0 Å². The molecule has 0 N–H and O–H groups in total. The Bertz CT molecular complexity index is 181. The van der Waals surface area contributed by atoms with Crippen molar-refractivity contribution in [3.8, 4) is 0 Å². The van der Waals surface area contributed by atoms with Crippen molar-refractivity contribution in [2.45, 2.75) is 13.3 Å². The Labute approximate surface area is 77.6 Å². The second-order valence-corrected chi connectivity index (χ2v) is 2.47. The third kappa shape index (κ3) is 4.35. The van der Waals surface area contributed by atoms with E-state index in [0.29, 0.717) is 6.54 Å². The van der Waals surface area contributed by atoms with Crippen LogP contribution >= 0.6 is 0 Å². The Balaban J connectivity index is 4.08. The number of esters is 1. The second kappa shape index (κ2) is 6.28. The van der Waals surface area contributed by atoms with Gasteiger partial charge in [-0.3, -0.25) is 9.69 Å². The van der Waals surface area contributed by atoms with E-state index in [9.17, 15) is 9.59 Å². The second-order valence-electron chi connectivity index (χ2n) is 2.47. The zero-order valence-electron chi connectivity index (χ0n) is 8.20. The standard InChI is InChI=1S/C8H15NO4/c1-4-5-9(8(11)13-3)6-7(10)12-2/h4-6H2,1-3H3. The van der Waals surface area contributed by atoms with Gasteiger partial charge in [0.05, 0.1) is 14.2 Å². The van der Waals surface area contributed by atoms with E-state index in [1.807, 2.05) is 6.92 Å². The number of carbonyl (C=O) groups excluding carboxylic acids is 2. The number of methoxy groups -OCH3 is 2. The molecular formula is C8H15NO4. The monoisotopic (exact) mass is 189 g/mol. The Morgan fingerprint density at radius 3 is 2.23 bits per heavy atom. The average molecular weight is 189 g/mol. The Morgan fingerprint density at radius 1 is 1.23 bits per heavy atom. The Morgan fingerprint density at radius 2 is 1.85 bits per heavy atom. The van der Waals surface area contributed by atoms with Crippen LogP contribution in [-0.4, -0.2) is 44.3 Å². The van der Waals surface area contributed by atoms with E-state index in [1.54, 1.807) is 0 Å². The van der Waals surface area contributed by atoms with Crippen molar-refractivity contribution in [2.24, 2.45) is 0 Å². The third-order valence-corrected chi connectivity index (χ3v) is 1.47. The lowest BCUT2D eigenvalue weighted by atomic mass is 10.4. The van der Waals surface area contributed by atoms with Crippen molar-refractivity contribution in [3.05, 3.63) is 0 Å². The molecular weight excluding hydrogens is 174 g/mol. The van der Waals surface area contributed by atoms with Crippen LogP contribution in [0.3, 0.4) is 0 Å². The summed E-state index contributed by atoms with van der Waals surface area (Å²) >= 11 is 0. The molecule has 0 aromatic rings. The summed E-state index contributed by atoms with van der Waals surface area (Å²) in [5.41, 5.74) is 0. The van der Waals surface area contributed by atoms with Crippen molar-refractivity contribution in [1.29, 1.82) is 0 Å². The van der Waals surface area contributed by atoms with E-state index in [4.69, 9.17) is 0 Å². The summed E-state index contributed by atoms with van der Waals surface area (Å²) in [5.74, 6) is -0.446. The highest BCUT2D eigenvalue weighted by Gasteiger charge is 2.16. The summed E-state index contributed by atoms with van der Waals surface area (Å²) in [6.45, 7) is 2.34. The first-order valence-corrected chi connectivity index (χ1v) is 4.05. The fraction of sp³-hybridized carbons (Fsp3) is 0.750. The Hall–Kier alpha value is -1.26. The molecule has 0 fully saturated rings. The van der Waals surface area contributed by atoms with Gasteiger partial charge in [0.2, 0.25) is 0 Å². The molecule has 0 unspecified atom stereocenters. The Kier molecular flexibility index (Phi) is 5.67. The van der Waals surface area contributed by atoms with Gasteiger partial charge >= 0.3 is 12.1 Å². The van der Waals surface area contributed by atoms with Crippen LogP contribution in [0, 0.1) is 0 Å². The summed E-state index contributed by atoms with van der Waals surface area (Å²) in [6.07, 6.45) is 0.263. The smallest absolute Gasteiger partial charge is 0.410 e. The van der Waals surface area contributed by atoms with E-state index in [0.717, 1.165) is 6.42 Å². The maximum atomic E-state index is 11.0. The zero-order valence-corrected chi connectivity index (χ0v) is 8.20. The first kappa shape index (κ1) is 11.7. The van der Waals surface area contributed by atoms with E-state index >= 15 is 0 Å². The van der Waals surface area contributed by atoms with Gasteiger partial charge < -0.3 is 9.47 Å². The fourth-order valence-electron chi connectivity index (χ4n) is 0.854. The van der Waals surface area contributed by atoms with Crippen molar-refractivity contribution in [1.82, 2.24) is 4.90 Å². The molecule has 0 atom stereocenters. The van der Waals surface area contributed by atoms with Gasteiger partial charge in [0, 0.05) is 6.54 Å². The molecule has 0 bridgehead atoms. The minimum absolute atomic E-state index is 0.0585. The van der Waals surface area contributed by atoms with Gasteiger partial charge in [-0.05, 0) is 6.42 Å². The highest BCUT2D eigenvalue weighted by Crippen LogP contribution is 1.95. The molecule has 0 aromatic carbocycles. The number of nitrogens with zero attached hydrogens (tertiary/aromatic N) is 1. The third-order valence-electron chi connectivity index (χ3n) is 1.47. The van der Waals surface area contributed by atoms with Gasteiger partial charge in [-0.1, -0.05) is 6.92 Å². The first-order chi connectivity index (χ1) is 6.15. The predicted octanol–water partition coefficient (Wildman–Crippen LogP) is 0.638. The van der Waals surface area contributed by atoms with Crippen molar-refractivity contribution >= 4 is 12.1 Å². The van der Waals surface area contributed by atoms with Crippen LogP contribution in [-0.2, 0) is 14.3 Å². The number of amides is 1. The molecule has 0 saturated carbocycles. The number of carbonyl (C=O) groups is 2. The maximum Gasteiger partial charge on any atom is 0.410 e. The van der Waals surface area contributed by atoms with Gasteiger partial charge in [-0.25, -0.2) is 4.79 Å². The number of hydrogen-bond acceptors (Lipinski definition) is 4. The molecule has 0 spiro atoms. The summed E-state index contributed by atoms with van der Waals surface area (Å²) in [6, 6.07) is 0. The molecule has 0 aliphatic heterocycles. The van der Waals surface area contributed by atoms with Gasteiger partial charge in [-0.15, -0.1) is 0 Å². The minimum atomic E-state index is -0.507. The van der Waals surface area contributed by atoms with Gasteiger partial charge in [0.1, 0.15) is 6.54 Å². The first-order valence-electron chi connectivity index (χ1n) is 4.05. The van der Waals surface area contributed by atoms with E-state index < -0.39 is 12.1 Å². The van der Waals surface area contributed by atoms with Crippen LogP contribution in [0.1, 0.15) is 13.3 Å². The summed E-state index contributed by atoms with van der Waals surface area (Å²) in [4.78, 5) is 23.2. The molecule has 0 aliphatic carbocycles. The van der Waals surface area contributed by atoms with Crippen molar-refractivity contribution in [3.63, 3.8) is 0 Å². The predicted molar refractivity (Wildman–Crippen MR) is 46.3 cm³/mol. The van der Waals surface area contributed by atoms with Crippen LogP contribution in [0.2, 0.25) is 0 Å². The average Bonchev–Trinajstić information content (AvgIpc) is 2.15. The molecule has 0 aromatic heterocycles. The molecule has 0 aliphatic rings. The molecule has 5 heteroatoms. The van der Waals surface area contributed by atoms with E-state index in [1.165, 1.54) is 19.1 Å². The molecule has 0 radical (unpaired) electrons. The molecule has 0 heterocycles. The molecule has 1 amide bonds. The lowest BCUT2D eigenvalue weighted by Gasteiger charge is -2.18. The lowest BCUT2D eigenvalue weighted by Crippen LogP contribution is -2.36. The molecule has 0 saturated heterocycles. The molecule has 76 valence electrons. The zero-order chi connectivity index (χ0) is 10.3. The highest BCUT2D eigenvalue weighted by molar-refractivity contribution is 5.77. The van der Waals surface area contributed by atoms with Crippen LogP contribution in [0.5, 0.6) is 0 Å². The number of ether oxygens (including phenoxy) is 2. The normalized spacial score (nSPS) is 9.15. The summed E-state index contributed by atoms with van der Waals surface area (Å²) in [7, 11) is 2.56. The maximum absolute atomic E-state index is 11.0. The highest BCUT2D eigenvalue weighted by atomic mass is 16.5. The number of hydrogen-bond donors (Lipinski definition) is 0. The van der Waals surface area contributed by atoms with Gasteiger partial charge in [0.15, 0.2) is 0 Å². The molecule has 0 rings (SSSR count). The fourth-order valence-corrected chi connectivity index (χ4v) is 0.854. The lowest BCUT2D eigenvalue weighted by molar-refractivity contribution is -0.141. The van der Waals surface area contributed by atoms with Crippen molar-refractivity contribution < 1.29 is 19.1 Å².